The number of rotatable bonds is 0. The molecule has 0 saturated heterocycles. The van der Waals surface area contributed by atoms with Crippen LogP contribution in [0, 0.1) is 0 Å². The van der Waals surface area contributed by atoms with E-state index in [0.29, 0.717) is 0 Å². The molecule has 0 unspecified atom stereocenters. The summed E-state index contributed by atoms with van der Waals surface area (Å²) in [5, 5.41) is 0. The van der Waals surface area contributed by atoms with Crippen LogP contribution in [0.3, 0.4) is 0 Å². The molecule has 94 valence electrons. The molecule has 0 amide bonds. The third-order valence-electron chi connectivity index (χ3n) is 2.92. The Morgan fingerprint density at radius 2 is 0.875 bits per heavy atom. The lowest BCUT2D eigenvalue weighted by molar-refractivity contribution is 0.148. The van der Waals surface area contributed by atoms with Gasteiger partial charge in [0, 0.05) is 13.2 Å². The molecular formula is C14H26O2. The van der Waals surface area contributed by atoms with E-state index in [0.717, 1.165) is 26.4 Å². The highest BCUT2D eigenvalue weighted by molar-refractivity contribution is 4.81. The van der Waals surface area contributed by atoms with Gasteiger partial charge in [-0.15, -0.1) is 0 Å². The lowest BCUT2D eigenvalue weighted by Gasteiger charge is -2.05. The average molecular weight is 226 g/mol. The van der Waals surface area contributed by atoms with E-state index in [2.05, 4.69) is 12.2 Å². The molecule has 0 aliphatic carbocycles. The Labute approximate surface area is 100 Å². The summed E-state index contributed by atoms with van der Waals surface area (Å²) < 4.78 is 11.0. The Morgan fingerprint density at radius 1 is 0.500 bits per heavy atom. The summed E-state index contributed by atoms with van der Waals surface area (Å²) >= 11 is 0. The summed E-state index contributed by atoms with van der Waals surface area (Å²) in [4.78, 5) is 0. The van der Waals surface area contributed by atoms with Crippen LogP contribution in [0.15, 0.2) is 12.2 Å². The molecule has 0 N–H and O–H groups in total. The fraction of sp³-hybridized carbons (Fsp3) is 0.857. The zero-order chi connectivity index (χ0) is 11.3. The van der Waals surface area contributed by atoms with Gasteiger partial charge in [-0.05, 0) is 12.8 Å². The molecule has 0 aromatic heterocycles. The Morgan fingerprint density at radius 3 is 1.31 bits per heavy atom. The second kappa shape index (κ2) is 11.2. The van der Waals surface area contributed by atoms with E-state index in [1.807, 2.05) is 0 Å². The molecule has 16 heavy (non-hydrogen) atoms. The quantitative estimate of drug-likeness (QED) is 0.586. The molecule has 1 aliphatic rings. The first-order valence-electron chi connectivity index (χ1n) is 6.80. The van der Waals surface area contributed by atoms with Gasteiger partial charge in [-0.2, -0.15) is 0 Å². The summed E-state index contributed by atoms with van der Waals surface area (Å²) in [6, 6.07) is 0. The lowest BCUT2D eigenvalue weighted by atomic mass is 10.1. The smallest absolute Gasteiger partial charge is 0.0648 e. The van der Waals surface area contributed by atoms with Crippen LogP contribution in [0.2, 0.25) is 0 Å². The standard InChI is InChI=1S/C14H26O2/c1-2-4-6-8-12-16-14-10-9-13-15-11-7-5-3-1/h9-10H,1-8,11-14H2/b10-9-. The van der Waals surface area contributed by atoms with Crippen molar-refractivity contribution in [2.45, 2.75) is 51.4 Å². The van der Waals surface area contributed by atoms with Crippen LogP contribution in [-0.2, 0) is 9.47 Å². The zero-order valence-corrected chi connectivity index (χ0v) is 10.5. The summed E-state index contributed by atoms with van der Waals surface area (Å²) in [6.07, 6.45) is 14.7. The molecule has 2 heteroatoms. The highest BCUT2D eigenvalue weighted by Crippen LogP contribution is 2.08. The van der Waals surface area contributed by atoms with Gasteiger partial charge in [0.05, 0.1) is 13.2 Å². The molecule has 0 fully saturated rings. The summed E-state index contributed by atoms with van der Waals surface area (Å²) in [5.74, 6) is 0. The van der Waals surface area contributed by atoms with Crippen molar-refractivity contribution in [3.05, 3.63) is 12.2 Å². The fourth-order valence-electron chi connectivity index (χ4n) is 1.91. The van der Waals surface area contributed by atoms with Crippen molar-refractivity contribution in [3.8, 4) is 0 Å². The van der Waals surface area contributed by atoms with E-state index in [1.165, 1.54) is 51.4 Å². The summed E-state index contributed by atoms with van der Waals surface area (Å²) in [5.41, 5.74) is 0. The van der Waals surface area contributed by atoms with Gasteiger partial charge in [-0.1, -0.05) is 50.7 Å². The number of hydrogen-bond donors (Lipinski definition) is 0. The van der Waals surface area contributed by atoms with Crippen molar-refractivity contribution < 1.29 is 9.47 Å². The van der Waals surface area contributed by atoms with Crippen LogP contribution in [0.5, 0.6) is 0 Å². The highest BCUT2D eigenvalue weighted by Gasteiger charge is 1.94. The van der Waals surface area contributed by atoms with E-state index in [1.54, 1.807) is 0 Å². The molecule has 1 aliphatic heterocycles. The van der Waals surface area contributed by atoms with E-state index >= 15 is 0 Å². The van der Waals surface area contributed by atoms with Crippen molar-refractivity contribution in [2.24, 2.45) is 0 Å². The maximum atomic E-state index is 5.49. The molecular weight excluding hydrogens is 200 g/mol. The summed E-state index contributed by atoms with van der Waals surface area (Å²) in [6.45, 7) is 3.29. The molecule has 0 atom stereocenters. The molecule has 0 aromatic carbocycles. The number of hydrogen-bond acceptors (Lipinski definition) is 2. The van der Waals surface area contributed by atoms with E-state index in [9.17, 15) is 0 Å². The van der Waals surface area contributed by atoms with Crippen LogP contribution in [0.1, 0.15) is 51.4 Å². The SMILES string of the molecule is C1=C\COCCCCCCCCCCOC/1. The third kappa shape index (κ3) is 8.93. The van der Waals surface area contributed by atoms with E-state index in [4.69, 9.17) is 9.47 Å². The minimum absolute atomic E-state index is 0.739. The monoisotopic (exact) mass is 226 g/mol. The van der Waals surface area contributed by atoms with Crippen LogP contribution >= 0.6 is 0 Å². The Hall–Kier alpha value is -0.340. The van der Waals surface area contributed by atoms with Gasteiger partial charge in [0.25, 0.3) is 0 Å². The van der Waals surface area contributed by atoms with Crippen molar-refractivity contribution in [2.75, 3.05) is 26.4 Å². The normalized spacial score (nSPS) is 25.0. The number of ether oxygens (including phenoxy) is 2. The first-order chi connectivity index (χ1) is 8.00. The molecule has 0 saturated carbocycles. The Kier molecular flexibility index (Phi) is 9.57. The molecule has 0 bridgehead atoms. The van der Waals surface area contributed by atoms with Crippen molar-refractivity contribution >= 4 is 0 Å². The summed E-state index contributed by atoms with van der Waals surface area (Å²) in [7, 11) is 0. The zero-order valence-electron chi connectivity index (χ0n) is 10.5. The molecule has 1 rings (SSSR count). The van der Waals surface area contributed by atoms with E-state index in [-0.39, 0.29) is 0 Å². The topological polar surface area (TPSA) is 18.5 Å². The van der Waals surface area contributed by atoms with Crippen LogP contribution in [0.25, 0.3) is 0 Å². The van der Waals surface area contributed by atoms with E-state index < -0.39 is 0 Å². The van der Waals surface area contributed by atoms with Gasteiger partial charge >= 0.3 is 0 Å². The first-order valence-corrected chi connectivity index (χ1v) is 6.80. The van der Waals surface area contributed by atoms with Crippen molar-refractivity contribution in [1.82, 2.24) is 0 Å². The Bertz CT molecular complexity index is 148. The predicted molar refractivity (Wildman–Crippen MR) is 67.7 cm³/mol. The van der Waals surface area contributed by atoms with Crippen LogP contribution < -0.4 is 0 Å². The second-order valence-corrected chi connectivity index (χ2v) is 4.45. The largest absolute Gasteiger partial charge is 0.377 e. The minimum Gasteiger partial charge on any atom is -0.377 e. The fourth-order valence-corrected chi connectivity index (χ4v) is 1.91. The molecule has 0 spiro atoms. The van der Waals surface area contributed by atoms with Gasteiger partial charge in [0.1, 0.15) is 0 Å². The molecule has 2 nitrogen and oxygen atoms in total. The Balaban J connectivity index is 2.07. The van der Waals surface area contributed by atoms with Gasteiger partial charge in [-0.25, -0.2) is 0 Å². The predicted octanol–water partition coefficient (Wildman–Crippen LogP) is 3.71. The lowest BCUT2D eigenvalue weighted by Crippen LogP contribution is -1.97. The molecule has 1 heterocycles. The molecule has 0 aromatic rings. The van der Waals surface area contributed by atoms with Crippen LogP contribution in [-0.4, -0.2) is 26.4 Å². The van der Waals surface area contributed by atoms with Gasteiger partial charge < -0.3 is 9.47 Å². The highest BCUT2D eigenvalue weighted by atomic mass is 16.5. The first kappa shape index (κ1) is 13.7. The maximum Gasteiger partial charge on any atom is 0.0648 e. The van der Waals surface area contributed by atoms with Gasteiger partial charge in [-0.3, -0.25) is 0 Å². The van der Waals surface area contributed by atoms with Gasteiger partial charge in [0.2, 0.25) is 0 Å². The van der Waals surface area contributed by atoms with Crippen LogP contribution in [0.4, 0.5) is 0 Å². The minimum atomic E-state index is 0.739. The van der Waals surface area contributed by atoms with Crippen molar-refractivity contribution in [1.29, 1.82) is 0 Å². The maximum absolute atomic E-state index is 5.49. The average Bonchev–Trinajstić information content (AvgIpc) is 2.29. The molecule has 0 radical (unpaired) electrons. The van der Waals surface area contributed by atoms with Crippen molar-refractivity contribution in [3.63, 3.8) is 0 Å². The second-order valence-electron chi connectivity index (χ2n) is 4.45. The van der Waals surface area contributed by atoms with Gasteiger partial charge in [0.15, 0.2) is 0 Å². The third-order valence-corrected chi connectivity index (χ3v) is 2.92.